The van der Waals surface area contributed by atoms with Crippen LogP contribution in [0.1, 0.15) is 65.0 Å². The Bertz CT molecular complexity index is 1320. The molecule has 0 atom stereocenters. The van der Waals surface area contributed by atoms with Crippen molar-refractivity contribution in [2.45, 2.75) is 71.4 Å². The molecule has 0 unspecified atom stereocenters. The van der Waals surface area contributed by atoms with Crippen LogP contribution in [-0.4, -0.2) is 81.8 Å². The van der Waals surface area contributed by atoms with Gasteiger partial charge in [-0.2, -0.15) is 13.9 Å². The van der Waals surface area contributed by atoms with Gasteiger partial charge in [0.2, 0.25) is 5.91 Å². The second-order valence-corrected chi connectivity index (χ2v) is 12.6. The lowest BCUT2D eigenvalue weighted by atomic mass is 9.76. The minimum atomic E-state index is -3.11. The molecule has 10 nitrogen and oxygen atoms in total. The molecule has 2 aromatic rings. The van der Waals surface area contributed by atoms with Gasteiger partial charge in [-0.15, -0.1) is 0 Å². The number of likely N-dealkylation sites (tertiary alicyclic amines) is 2. The van der Waals surface area contributed by atoms with Gasteiger partial charge < -0.3 is 25.0 Å². The van der Waals surface area contributed by atoms with E-state index < -0.39 is 29.4 Å². The molecule has 43 heavy (non-hydrogen) atoms. The number of anilines is 1. The Morgan fingerprint density at radius 2 is 1.70 bits per heavy atom. The molecule has 2 aliphatic heterocycles. The average Bonchev–Trinajstić information content (AvgIpc) is 3.46. The number of rotatable bonds is 10. The minimum absolute atomic E-state index is 0.0238. The second-order valence-electron chi connectivity index (χ2n) is 12.2. The van der Waals surface area contributed by atoms with Gasteiger partial charge in [0.15, 0.2) is 5.75 Å². The van der Waals surface area contributed by atoms with Crippen LogP contribution < -0.4 is 10.1 Å². The van der Waals surface area contributed by atoms with Gasteiger partial charge in [0.25, 0.3) is 5.91 Å². The van der Waals surface area contributed by atoms with Gasteiger partial charge in [-0.1, -0.05) is 39.3 Å². The SMILES string of the molecule is CC(C)C(=O)N1CCC(CN2CCC(C(=O)Nc3ccc(Cl)cc3OC(F)F)(n3nccc3C(C)C)CC2)(C(=O)O)CC1. The molecular weight excluding hydrogens is 584 g/mol. The van der Waals surface area contributed by atoms with Crippen molar-refractivity contribution in [3.05, 3.63) is 41.2 Å². The predicted molar refractivity (Wildman–Crippen MR) is 157 cm³/mol. The van der Waals surface area contributed by atoms with Gasteiger partial charge in [-0.25, -0.2) is 0 Å². The molecule has 2 aliphatic rings. The molecule has 2 fully saturated rings. The van der Waals surface area contributed by atoms with Crippen LogP contribution >= 0.6 is 11.6 Å². The minimum Gasteiger partial charge on any atom is -0.481 e. The molecule has 0 bridgehead atoms. The third-order valence-corrected chi connectivity index (χ3v) is 8.92. The summed E-state index contributed by atoms with van der Waals surface area (Å²) < 4.78 is 32.6. The van der Waals surface area contributed by atoms with Crippen molar-refractivity contribution in [3.8, 4) is 5.75 Å². The maximum Gasteiger partial charge on any atom is 0.387 e. The number of carboxylic acids is 1. The van der Waals surface area contributed by atoms with Crippen LogP contribution in [0.25, 0.3) is 0 Å². The largest absolute Gasteiger partial charge is 0.481 e. The molecule has 1 aromatic heterocycles. The smallest absolute Gasteiger partial charge is 0.387 e. The number of nitrogens with one attached hydrogen (secondary N) is 1. The number of halogens is 3. The third-order valence-electron chi connectivity index (χ3n) is 8.69. The predicted octanol–water partition coefficient (Wildman–Crippen LogP) is 5.04. The number of carboxylic acid groups (broad SMARTS) is 1. The summed E-state index contributed by atoms with van der Waals surface area (Å²) >= 11 is 6.00. The molecule has 0 spiro atoms. The molecule has 13 heteroatoms. The number of carbonyl (C=O) groups is 3. The van der Waals surface area contributed by atoms with Crippen molar-refractivity contribution in [1.82, 2.24) is 19.6 Å². The molecule has 1 aromatic carbocycles. The van der Waals surface area contributed by atoms with E-state index >= 15 is 0 Å². The Morgan fingerprint density at radius 3 is 2.26 bits per heavy atom. The number of carbonyl (C=O) groups excluding carboxylic acids is 2. The van der Waals surface area contributed by atoms with E-state index in [9.17, 15) is 28.3 Å². The summed E-state index contributed by atoms with van der Waals surface area (Å²) in [5.41, 5.74) is -1.27. The first-order chi connectivity index (χ1) is 20.3. The zero-order chi connectivity index (χ0) is 31.5. The summed E-state index contributed by atoms with van der Waals surface area (Å²) in [5.74, 6) is -1.65. The van der Waals surface area contributed by atoms with Crippen LogP contribution in [0.15, 0.2) is 30.5 Å². The van der Waals surface area contributed by atoms with E-state index in [2.05, 4.69) is 20.1 Å². The van der Waals surface area contributed by atoms with E-state index in [4.69, 9.17) is 11.6 Å². The fraction of sp³-hybridized carbons (Fsp3) is 0.600. The highest BCUT2D eigenvalue weighted by molar-refractivity contribution is 6.30. The number of hydrogen-bond donors (Lipinski definition) is 2. The topological polar surface area (TPSA) is 117 Å². The number of hydrogen-bond acceptors (Lipinski definition) is 6. The number of piperidine rings is 2. The molecule has 0 radical (unpaired) electrons. The Morgan fingerprint density at radius 1 is 1.05 bits per heavy atom. The van der Waals surface area contributed by atoms with Gasteiger partial charge in [-0.05, 0) is 49.8 Å². The quantitative estimate of drug-likeness (QED) is 0.381. The van der Waals surface area contributed by atoms with Gasteiger partial charge >= 0.3 is 12.6 Å². The van der Waals surface area contributed by atoms with Crippen molar-refractivity contribution in [3.63, 3.8) is 0 Å². The summed E-state index contributed by atoms with van der Waals surface area (Å²) in [6, 6.07) is 5.96. The van der Waals surface area contributed by atoms with E-state index in [1.807, 2.05) is 33.8 Å². The summed E-state index contributed by atoms with van der Waals surface area (Å²) in [6.07, 6.45) is 2.96. The number of aromatic nitrogens is 2. The van der Waals surface area contributed by atoms with E-state index in [1.54, 1.807) is 15.8 Å². The van der Waals surface area contributed by atoms with Gasteiger partial charge in [0.1, 0.15) is 5.54 Å². The fourth-order valence-electron chi connectivity index (χ4n) is 6.14. The fourth-order valence-corrected chi connectivity index (χ4v) is 6.31. The zero-order valence-corrected chi connectivity index (χ0v) is 25.7. The van der Waals surface area contributed by atoms with Crippen LogP contribution in [0.2, 0.25) is 5.02 Å². The lowest BCUT2D eigenvalue weighted by Gasteiger charge is -2.46. The molecule has 3 heterocycles. The first-order valence-corrected chi connectivity index (χ1v) is 15.0. The van der Waals surface area contributed by atoms with E-state index in [0.717, 1.165) is 5.69 Å². The Hall–Kier alpha value is -3.25. The molecule has 0 saturated carbocycles. The van der Waals surface area contributed by atoms with Crippen LogP contribution in [0.5, 0.6) is 5.75 Å². The Labute approximate surface area is 255 Å². The van der Waals surface area contributed by atoms with Gasteiger partial charge in [0.05, 0.1) is 11.1 Å². The van der Waals surface area contributed by atoms with Crippen LogP contribution in [0, 0.1) is 11.3 Å². The van der Waals surface area contributed by atoms with Crippen molar-refractivity contribution in [1.29, 1.82) is 0 Å². The monoisotopic (exact) mass is 623 g/mol. The third kappa shape index (κ3) is 6.95. The number of alkyl halides is 2. The highest BCUT2D eigenvalue weighted by Crippen LogP contribution is 2.39. The number of nitrogens with zero attached hydrogens (tertiary/aromatic N) is 4. The number of ether oxygens (including phenoxy) is 1. The lowest BCUT2D eigenvalue weighted by molar-refractivity contribution is -0.157. The highest BCUT2D eigenvalue weighted by Gasteiger charge is 2.49. The molecular formula is C30H40ClF2N5O5. The van der Waals surface area contributed by atoms with Crippen molar-refractivity contribution >= 4 is 35.1 Å². The van der Waals surface area contributed by atoms with Crippen molar-refractivity contribution in [2.75, 3.05) is 38.0 Å². The first kappa shape index (κ1) is 32.7. The van der Waals surface area contributed by atoms with Gasteiger partial charge in [0, 0.05) is 61.6 Å². The lowest BCUT2D eigenvalue weighted by Crippen LogP contribution is -2.57. The molecule has 2 N–H and O–H groups in total. The zero-order valence-electron chi connectivity index (χ0n) is 25.0. The normalized spacial score (nSPS) is 18.7. The van der Waals surface area contributed by atoms with Gasteiger partial charge in [-0.3, -0.25) is 19.1 Å². The molecule has 0 aliphatic carbocycles. The van der Waals surface area contributed by atoms with Crippen LogP contribution in [0.3, 0.4) is 0 Å². The van der Waals surface area contributed by atoms with Crippen LogP contribution in [0.4, 0.5) is 14.5 Å². The van der Waals surface area contributed by atoms with Crippen molar-refractivity contribution < 1.29 is 33.0 Å². The maximum absolute atomic E-state index is 14.1. The summed E-state index contributed by atoms with van der Waals surface area (Å²) in [6.45, 7) is 6.44. The Balaban J connectivity index is 1.57. The average molecular weight is 624 g/mol. The molecule has 2 amide bonds. The summed E-state index contributed by atoms with van der Waals surface area (Å²) in [5, 5.41) is 17.8. The molecule has 236 valence electrons. The standard InChI is InChI=1S/C30H40ClF2N5O5/c1-19(2)23-7-12-34-38(23)30(26(40)35-22-6-5-21(31)17-24(22)43-28(32)33)10-13-36(14-11-30)18-29(27(41)42)8-15-37(16-9-29)25(39)20(3)4/h5-7,12,17,19-20,28H,8-11,13-16,18H2,1-4H3,(H,35,40)(H,41,42). The molecule has 4 rings (SSSR count). The maximum atomic E-state index is 14.1. The highest BCUT2D eigenvalue weighted by atomic mass is 35.5. The Kier molecular flexibility index (Phi) is 10.0. The first-order valence-electron chi connectivity index (χ1n) is 14.6. The van der Waals surface area contributed by atoms with E-state index in [1.165, 1.54) is 18.2 Å². The summed E-state index contributed by atoms with van der Waals surface area (Å²) in [4.78, 5) is 43.0. The molecule has 2 saturated heterocycles. The van der Waals surface area contributed by atoms with E-state index in [-0.39, 0.29) is 34.2 Å². The second kappa shape index (κ2) is 13.2. The number of amides is 2. The summed E-state index contributed by atoms with van der Waals surface area (Å²) in [7, 11) is 0. The van der Waals surface area contributed by atoms with Crippen LogP contribution in [-0.2, 0) is 19.9 Å². The van der Waals surface area contributed by atoms with Crippen molar-refractivity contribution in [2.24, 2.45) is 11.3 Å². The number of aliphatic carboxylic acids is 1. The van der Waals surface area contributed by atoms with E-state index in [0.29, 0.717) is 58.4 Å². The number of benzene rings is 1.